The Hall–Kier alpha value is -2.58. The fraction of sp³-hybridized carbons (Fsp3) is 0.519. The summed E-state index contributed by atoms with van der Waals surface area (Å²) < 4.78 is 33.7. The van der Waals surface area contributed by atoms with Gasteiger partial charge in [0.15, 0.2) is 0 Å². The highest BCUT2D eigenvalue weighted by Gasteiger charge is 2.51. The van der Waals surface area contributed by atoms with Gasteiger partial charge in [0.05, 0.1) is 18.5 Å². The molecule has 4 bridgehead atoms. The molecule has 1 amide bonds. The lowest BCUT2D eigenvalue weighted by molar-refractivity contribution is 0.0107. The molecule has 0 heterocycles. The Labute approximate surface area is 207 Å². The average molecular weight is 496 g/mol. The van der Waals surface area contributed by atoms with Crippen LogP contribution < -0.4 is 20.1 Å². The topological polar surface area (TPSA) is 96.5 Å². The maximum Gasteiger partial charge on any atom is 0.255 e. The zero-order valence-corrected chi connectivity index (χ0v) is 20.9. The van der Waals surface area contributed by atoms with E-state index in [1.165, 1.54) is 57.8 Å². The molecule has 5 fully saturated rings. The molecule has 3 N–H and O–H groups in total. The number of benzene rings is 2. The van der Waals surface area contributed by atoms with Crippen LogP contribution in [-0.2, 0) is 10.0 Å². The molecule has 0 atom stereocenters. The zero-order valence-electron chi connectivity index (χ0n) is 20.0. The summed E-state index contributed by atoms with van der Waals surface area (Å²) in [5.41, 5.74) is 2.03. The number of nitrogens with one attached hydrogen (secondary N) is 3. The second-order valence-corrected chi connectivity index (χ2v) is 12.8. The lowest BCUT2D eigenvalue weighted by atomic mass is 9.53. The fourth-order valence-electron chi connectivity index (χ4n) is 6.96. The van der Waals surface area contributed by atoms with Crippen molar-refractivity contribution in [3.05, 3.63) is 48.0 Å². The van der Waals surface area contributed by atoms with Crippen LogP contribution in [-0.4, -0.2) is 33.0 Å². The van der Waals surface area contributed by atoms with Crippen LogP contribution in [0.25, 0.3) is 0 Å². The number of para-hydroxylation sites is 2. The summed E-state index contributed by atoms with van der Waals surface area (Å²) in [7, 11) is -2.35. The van der Waals surface area contributed by atoms with Crippen LogP contribution in [0, 0.1) is 17.8 Å². The van der Waals surface area contributed by atoms with Gasteiger partial charge < -0.3 is 15.4 Å². The Bertz CT molecular complexity index is 1220. The van der Waals surface area contributed by atoms with E-state index in [1.807, 2.05) is 24.3 Å². The Morgan fingerprint density at radius 1 is 0.943 bits per heavy atom. The van der Waals surface area contributed by atoms with Gasteiger partial charge in [0.1, 0.15) is 10.6 Å². The van der Waals surface area contributed by atoms with Gasteiger partial charge in [-0.1, -0.05) is 12.1 Å². The number of carbonyl (C=O) groups excluding carboxylic acids is 1. The van der Waals surface area contributed by atoms with Gasteiger partial charge >= 0.3 is 0 Å². The molecule has 5 saturated carbocycles. The molecular weight excluding hydrogens is 462 g/mol. The van der Waals surface area contributed by atoms with Crippen LogP contribution in [0.15, 0.2) is 47.4 Å². The van der Waals surface area contributed by atoms with Crippen molar-refractivity contribution in [1.82, 2.24) is 4.72 Å². The number of rotatable bonds is 8. The number of hydrogen-bond donors (Lipinski definition) is 3. The van der Waals surface area contributed by atoms with E-state index in [0.29, 0.717) is 5.69 Å². The smallest absolute Gasteiger partial charge is 0.255 e. The van der Waals surface area contributed by atoms with Crippen molar-refractivity contribution in [1.29, 1.82) is 0 Å². The van der Waals surface area contributed by atoms with Crippen LogP contribution in [0.2, 0.25) is 0 Å². The van der Waals surface area contributed by atoms with E-state index >= 15 is 0 Å². The lowest BCUT2D eigenvalue weighted by Crippen LogP contribution is -2.54. The third-order valence-corrected chi connectivity index (χ3v) is 9.77. The predicted molar refractivity (Wildman–Crippen MR) is 135 cm³/mol. The zero-order chi connectivity index (χ0) is 24.2. The summed E-state index contributed by atoms with van der Waals surface area (Å²) in [6.07, 6.45) is 9.39. The van der Waals surface area contributed by atoms with Gasteiger partial charge in [-0.15, -0.1) is 0 Å². The van der Waals surface area contributed by atoms with Crippen molar-refractivity contribution >= 4 is 27.3 Å². The summed E-state index contributed by atoms with van der Waals surface area (Å²) in [5, 5.41) is 6.87. The predicted octanol–water partition coefficient (Wildman–Crippen LogP) is 4.77. The summed E-state index contributed by atoms with van der Waals surface area (Å²) in [4.78, 5) is 13.2. The first kappa shape index (κ1) is 22.9. The molecule has 0 radical (unpaired) electrons. The van der Waals surface area contributed by atoms with Crippen molar-refractivity contribution in [2.75, 3.05) is 17.7 Å². The fourth-order valence-corrected chi connectivity index (χ4v) is 8.46. The molecule has 0 saturated heterocycles. The van der Waals surface area contributed by atoms with Crippen LogP contribution in [0.4, 0.5) is 11.4 Å². The molecule has 0 unspecified atom stereocenters. The van der Waals surface area contributed by atoms with Crippen molar-refractivity contribution in [3.63, 3.8) is 0 Å². The molecular formula is C27H33N3O4S. The maximum absolute atomic E-state index is 13.2. The minimum Gasteiger partial charge on any atom is -0.495 e. The third-order valence-electron chi connectivity index (χ3n) is 8.23. The summed E-state index contributed by atoms with van der Waals surface area (Å²) in [6, 6.07) is 12.3. The number of anilines is 2. The molecule has 5 aliphatic rings. The molecule has 8 heteroatoms. The largest absolute Gasteiger partial charge is 0.495 e. The summed E-state index contributed by atoms with van der Waals surface area (Å²) in [6.45, 7) is 0. The average Bonchev–Trinajstić information content (AvgIpc) is 3.62. The van der Waals surface area contributed by atoms with Crippen LogP contribution >= 0.6 is 0 Å². The quantitative estimate of drug-likeness (QED) is 0.490. The van der Waals surface area contributed by atoms with Crippen LogP contribution in [0.1, 0.15) is 61.7 Å². The first-order valence-corrected chi connectivity index (χ1v) is 14.2. The highest BCUT2D eigenvalue weighted by atomic mass is 32.2. The normalized spacial score (nSPS) is 29.1. The van der Waals surface area contributed by atoms with Crippen molar-refractivity contribution in [2.45, 2.75) is 67.8 Å². The van der Waals surface area contributed by atoms with Gasteiger partial charge in [0.2, 0.25) is 10.0 Å². The molecule has 5 aliphatic carbocycles. The van der Waals surface area contributed by atoms with Gasteiger partial charge in [0.25, 0.3) is 5.91 Å². The maximum atomic E-state index is 13.2. The second kappa shape index (κ2) is 8.52. The van der Waals surface area contributed by atoms with Crippen LogP contribution in [0.5, 0.6) is 5.75 Å². The van der Waals surface area contributed by atoms with E-state index in [-0.39, 0.29) is 33.7 Å². The molecule has 0 aliphatic heterocycles. The van der Waals surface area contributed by atoms with Crippen molar-refractivity contribution < 1.29 is 17.9 Å². The van der Waals surface area contributed by atoms with E-state index in [9.17, 15) is 13.2 Å². The Morgan fingerprint density at radius 2 is 1.57 bits per heavy atom. The number of methoxy groups -OCH3 is 1. The van der Waals surface area contributed by atoms with E-state index in [0.717, 1.165) is 36.3 Å². The summed E-state index contributed by atoms with van der Waals surface area (Å²) >= 11 is 0. The standard InChI is InChI=1S/C27H33N3O4S/c1-34-24-9-6-20(13-25(24)35(32,33)30-21-7-8-21)26(31)28-22-4-2-3-5-23(22)29-27-14-17-10-18(15-27)12-19(11-17)16-27/h2-6,9,13,17-19,21,29-30H,7-8,10-12,14-16H2,1H3,(H,28,31). The Kier molecular flexibility index (Phi) is 5.56. The Balaban J connectivity index is 1.24. The van der Waals surface area contributed by atoms with Gasteiger partial charge in [-0.2, -0.15) is 0 Å². The van der Waals surface area contributed by atoms with E-state index in [4.69, 9.17) is 4.74 Å². The minimum atomic E-state index is -3.77. The first-order valence-electron chi connectivity index (χ1n) is 12.7. The highest BCUT2D eigenvalue weighted by molar-refractivity contribution is 7.89. The molecule has 2 aromatic rings. The monoisotopic (exact) mass is 495 g/mol. The van der Waals surface area contributed by atoms with E-state index in [1.54, 1.807) is 6.07 Å². The van der Waals surface area contributed by atoms with Crippen molar-refractivity contribution in [3.8, 4) is 5.75 Å². The highest BCUT2D eigenvalue weighted by Crippen LogP contribution is 2.56. The van der Waals surface area contributed by atoms with Gasteiger partial charge in [0, 0.05) is 17.1 Å². The van der Waals surface area contributed by atoms with Gasteiger partial charge in [-0.3, -0.25) is 4.79 Å². The molecule has 7 nitrogen and oxygen atoms in total. The number of amides is 1. The molecule has 0 spiro atoms. The molecule has 186 valence electrons. The molecule has 0 aromatic heterocycles. The van der Waals surface area contributed by atoms with Gasteiger partial charge in [-0.05, 0) is 99.5 Å². The van der Waals surface area contributed by atoms with Crippen molar-refractivity contribution in [2.24, 2.45) is 17.8 Å². The molecule has 35 heavy (non-hydrogen) atoms. The summed E-state index contributed by atoms with van der Waals surface area (Å²) in [5.74, 6) is 2.33. The first-order chi connectivity index (χ1) is 16.8. The minimum absolute atomic E-state index is 0.0143. The SMILES string of the molecule is COc1ccc(C(=O)Nc2ccccc2NC23CC4CC(CC(C4)C2)C3)cc1S(=O)(=O)NC1CC1. The second-order valence-electron chi connectivity index (χ2n) is 11.1. The molecule has 2 aromatic carbocycles. The third kappa shape index (κ3) is 4.54. The van der Waals surface area contributed by atoms with E-state index < -0.39 is 10.0 Å². The lowest BCUT2D eigenvalue weighted by Gasteiger charge is -2.57. The van der Waals surface area contributed by atoms with E-state index in [2.05, 4.69) is 15.4 Å². The number of hydrogen-bond acceptors (Lipinski definition) is 5. The number of ether oxygens (including phenoxy) is 1. The molecule has 7 rings (SSSR count). The van der Waals surface area contributed by atoms with Gasteiger partial charge in [-0.25, -0.2) is 13.1 Å². The Morgan fingerprint density at radius 3 is 2.17 bits per heavy atom. The number of carbonyl (C=O) groups is 1. The van der Waals surface area contributed by atoms with Crippen LogP contribution in [0.3, 0.4) is 0 Å². The number of sulfonamides is 1.